The summed E-state index contributed by atoms with van der Waals surface area (Å²) in [6, 6.07) is 148. The molecule has 0 radical (unpaired) electrons. The topological polar surface area (TPSA) is 9.86 Å². The molecule has 0 bridgehead atoms. The zero-order chi connectivity index (χ0) is 71.0. The van der Waals surface area contributed by atoms with Crippen molar-refractivity contribution in [1.82, 2.24) is 9.13 Å². The molecule has 19 aromatic rings. The second kappa shape index (κ2) is 24.5. The molecule has 22 rings (SSSR count). The van der Waals surface area contributed by atoms with Crippen molar-refractivity contribution >= 4 is 70.7 Å². The van der Waals surface area contributed by atoms with Crippen LogP contribution in [0.5, 0.6) is 0 Å². The normalized spacial score (nSPS) is 15.2. The molecule has 0 fully saturated rings. The van der Waals surface area contributed by atoms with E-state index in [1.165, 1.54) is 188 Å². The molecular weight excluding hydrogens is 1300 g/mol. The van der Waals surface area contributed by atoms with E-state index in [-0.39, 0.29) is 11.8 Å². The molecule has 2 nitrogen and oxygen atoms in total. The van der Waals surface area contributed by atoms with E-state index >= 15 is 0 Å². The van der Waals surface area contributed by atoms with Crippen molar-refractivity contribution < 1.29 is 0 Å². The van der Waals surface area contributed by atoms with Crippen molar-refractivity contribution in [2.75, 3.05) is 0 Å². The summed E-state index contributed by atoms with van der Waals surface area (Å²) in [5, 5.41) is 9.94. The van der Waals surface area contributed by atoms with E-state index in [4.69, 9.17) is 0 Å². The van der Waals surface area contributed by atoms with E-state index in [9.17, 15) is 0 Å². The maximum atomic E-state index is 2.65. The van der Waals surface area contributed by atoms with E-state index in [0.29, 0.717) is 0 Å². The summed E-state index contributed by atoms with van der Waals surface area (Å²) in [7, 11) is 0. The molecule has 2 heterocycles. The van der Waals surface area contributed by atoms with Crippen molar-refractivity contribution in [1.29, 1.82) is 0 Å². The lowest BCUT2D eigenvalue weighted by Gasteiger charge is -2.39. The Kier molecular flexibility index (Phi) is 14.0. The molecule has 0 N–H and O–H groups in total. The van der Waals surface area contributed by atoms with Gasteiger partial charge in [-0.15, -0.1) is 0 Å². The molecule has 2 atom stereocenters. The van der Waals surface area contributed by atoms with Crippen molar-refractivity contribution in [2.24, 2.45) is 5.92 Å². The van der Waals surface area contributed by atoms with E-state index in [1.807, 2.05) is 0 Å². The van der Waals surface area contributed by atoms with Crippen molar-refractivity contribution in [3.8, 4) is 67.0 Å². The molecule has 0 saturated heterocycles. The summed E-state index contributed by atoms with van der Waals surface area (Å²) >= 11 is 0. The Morgan fingerprint density at radius 1 is 0.241 bits per heavy atom. The summed E-state index contributed by atoms with van der Waals surface area (Å²) in [5.41, 5.74) is 30.9. The van der Waals surface area contributed by atoms with Crippen LogP contribution in [0.25, 0.3) is 138 Å². The van der Waals surface area contributed by atoms with Gasteiger partial charge in [-0.05, 0) is 189 Å². The van der Waals surface area contributed by atoms with Gasteiger partial charge in [0, 0.05) is 44.2 Å². The van der Waals surface area contributed by atoms with E-state index in [0.717, 1.165) is 0 Å². The van der Waals surface area contributed by atoms with Gasteiger partial charge in [0.05, 0.1) is 44.3 Å². The second-order valence-electron chi connectivity index (χ2n) is 29.7. The van der Waals surface area contributed by atoms with Crippen molar-refractivity contribution in [3.63, 3.8) is 0 Å². The summed E-state index contributed by atoms with van der Waals surface area (Å²) in [4.78, 5) is 0. The molecule has 2 unspecified atom stereocenters. The van der Waals surface area contributed by atoms with Crippen LogP contribution >= 0.6 is 0 Å². The lowest BCUT2D eigenvalue weighted by atomic mass is 9.62. The van der Waals surface area contributed by atoms with Crippen LogP contribution in [0, 0.1) is 5.92 Å². The fourth-order valence-electron chi connectivity index (χ4n) is 19.6. The third kappa shape index (κ3) is 9.27. The maximum Gasteiger partial charge on any atom is 0.0713 e. The number of aromatic nitrogens is 2. The molecule has 2 aromatic heterocycles. The Hall–Kier alpha value is -13.7. The number of allylic oxidation sites excluding steroid dienone is 4. The highest BCUT2D eigenvalue weighted by molar-refractivity contribution is 6.13. The smallest absolute Gasteiger partial charge is 0.0713 e. The monoisotopic (exact) mass is 1370 g/mol. The summed E-state index contributed by atoms with van der Waals surface area (Å²) in [5.74, 6) is 0.175. The van der Waals surface area contributed by atoms with Gasteiger partial charge in [-0.25, -0.2) is 0 Å². The Morgan fingerprint density at radius 2 is 0.593 bits per heavy atom. The molecule has 0 saturated carbocycles. The van der Waals surface area contributed by atoms with Crippen LogP contribution in [-0.4, -0.2) is 9.13 Å². The Labute approximate surface area is 628 Å². The molecule has 3 aliphatic carbocycles. The van der Waals surface area contributed by atoms with Gasteiger partial charge in [0.15, 0.2) is 0 Å². The fraction of sp³-hybridized carbons (Fsp3) is 0.0377. The largest absolute Gasteiger partial charge is 0.309 e. The van der Waals surface area contributed by atoms with Crippen molar-refractivity contribution in [3.05, 3.63) is 463 Å². The fourth-order valence-corrected chi connectivity index (χ4v) is 19.6. The minimum absolute atomic E-state index is 0.0503. The molecule has 108 heavy (non-hydrogen) atoms. The zero-order valence-electron chi connectivity index (χ0n) is 59.3. The highest BCUT2D eigenvalue weighted by Gasteiger charge is 2.54. The van der Waals surface area contributed by atoms with Crippen LogP contribution in [0.1, 0.15) is 56.0 Å². The number of hydrogen-bond donors (Lipinski definition) is 0. The first-order valence-corrected chi connectivity index (χ1v) is 37.9. The lowest BCUT2D eigenvalue weighted by molar-refractivity contribution is 0.458. The molecule has 3 aliphatic rings. The minimum Gasteiger partial charge on any atom is -0.309 e. The van der Waals surface area contributed by atoms with Crippen molar-refractivity contribution in [2.45, 2.75) is 16.7 Å². The number of rotatable bonds is 11. The first-order chi connectivity index (χ1) is 53.5. The summed E-state index contributed by atoms with van der Waals surface area (Å²) < 4.78 is 4.89. The van der Waals surface area contributed by atoms with Crippen LogP contribution < -0.4 is 0 Å². The Bertz CT molecular complexity index is 6800. The number of hydrogen-bond acceptors (Lipinski definition) is 0. The van der Waals surface area contributed by atoms with Gasteiger partial charge >= 0.3 is 0 Å². The van der Waals surface area contributed by atoms with E-state index in [2.05, 4.69) is 422 Å². The predicted molar refractivity (Wildman–Crippen MR) is 452 cm³/mol. The quantitative estimate of drug-likeness (QED) is 0.122. The average Bonchev–Trinajstić information content (AvgIpc) is 1.53. The van der Waals surface area contributed by atoms with Gasteiger partial charge in [0.1, 0.15) is 0 Å². The number of nitrogens with zero attached hydrogens (tertiary/aromatic N) is 2. The van der Waals surface area contributed by atoms with Gasteiger partial charge in [-0.1, -0.05) is 346 Å². The van der Waals surface area contributed by atoms with E-state index in [1.54, 1.807) is 0 Å². The Morgan fingerprint density at radius 3 is 1.07 bits per heavy atom. The first-order valence-electron chi connectivity index (χ1n) is 37.9. The van der Waals surface area contributed by atoms with Gasteiger partial charge < -0.3 is 9.13 Å². The standard InChI is InChI=1S/C106H70N2/c1-5-27-81(28-6-1)105(82-29-7-2-8-30-82)95-65-77(71-47-43-69(44-48-71)75-55-61-103-93(63-75)91-37-17-19-39-101(91)107(103)99-41-21-25-73-23-13-15-35-85(73)99)51-57-87(95)89-59-53-79(67-97(89)105)80-54-60-90-88-58-52-78(66-96(88)106(98(90)68-80,83-31-9-3-10-32-83)84-33-11-4-12-34-84)72-49-45-70(46-50-72)76-56-62-104-94(64-76)92-38-18-20-40-102(92)108(104)100-42-22-26-74-24-14-16-36-86(74)100/h1-68,89,97H. The SMILES string of the molecule is C1=CC2c3ccc(-c4ccc(-c5ccc6c(c5)c5ccccc5n6-c5cccc6ccccc56)cc4)cc3C(c3ccccc3)(c3ccccc3)C2C=C1c1ccc2c(c1)C(c1ccccc1)(c1ccccc1)c1cc(-c3ccc(-c4ccc5c(c4)c4ccccc4n5-c4cccc5ccccc45)cc3)ccc1-2. The van der Waals surface area contributed by atoms with Crippen LogP contribution in [0.2, 0.25) is 0 Å². The third-order valence-electron chi connectivity index (χ3n) is 24.4. The number of para-hydroxylation sites is 2. The van der Waals surface area contributed by atoms with Crippen LogP contribution in [0.3, 0.4) is 0 Å². The maximum absolute atomic E-state index is 2.65. The first kappa shape index (κ1) is 61.8. The molecule has 17 aromatic carbocycles. The highest BCUT2D eigenvalue weighted by Crippen LogP contribution is 2.62. The van der Waals surface area contributed by atoms with Gasteiger partial charge in [0.2, 0.25) is 0 Å². The molecule has 504 valence electrons. The van der Waals surface area contributed by atoms with Crippen LogP contribution in [0.15, 0.2) is 413 Å². The summed E-state index contributed by atoms with van der Waals surface area (Å²) in [6.07, 6.45) is 7.61. The Balaban J connectivity index is 0.629. The minimum atomic E-state index is -0.634. The molecule has 2 heteroatoms. The molecule has 0 spiro atoms. The lowest BCUT2D eigenvalue weighted by Crippen LogP contribution is -2.35. The van der Waals surface area contributed by atoms with E-state index < -0.39 is 10.8 Å². The second-order valence-corrected chi connectivity index (χ2v) is 29.7. The summed E-state index contributed by atoms with van der Waals surface area (Å²) in [6.45, 7) is 0. The number of benzene rings is 17. The predicted octanol–water partition coefficient (Wildman–Crippen LogP) is 26.9. The molecule has 0 amide bonds. The van der Waals surface area contributed by atoms with Crippen LogP contribution in [-0.2, 0) is 10.8 Å². The van der Waals surface area contributed by atoms with Gasteiger partial charge in [0.25, 0.3) is 0 Å². The molecule has 0 aliphatic heterocycles. The zero-order valence-corrected chi connectivity index (χ0v) is 59.3. The highest BCUT2D eigenvalue weighted by atomic mass is 15.0. The average molecular weight is 1370 g/mol. The van der Waals surface area contributed by atoms with Crippen LogP contribution in [0.4, 0.5) is 0 Å². The van der Waals surface area contributed by atoms with Gasteiger partial charge in [-0.3, -0.25) is 0 Å². The third-order valence-corrected chi connectivity index (χ3v) is 24.4. The number of fused-ring (bicyclic) bond motifs is 14. The molecular formula is C106H70N2. The van der Waals surface area contributed by atoms with Gasteiger partial charge in [-0.2, -0.15) is 0 Å².